The highest BCUT2D eigenvalue weighted by atomic mass is 79.9. The smallest absolute Gasteiger partial charge is 0.268 e. The molecule has 0 aromatic heterocycles. The molecule has 1 saturated heterocycles. The van der Waals surface area contributed by atoms with Gasteiger partial charge in [0.25, 0.3) is 0 Å². The topological polar surface area (TPSA) is 49.4 Å². The first-order valence-electron chi connectivity index (χ1n) is 6.22. The molecule has 4 nitrogen and oxygen atoms in total. The first-order valence-corrected chi connectivity index (χ1v) is 8.45. The second-order valence-corrected chi connectivity index (χ2v) is 7.46. The normalized spacial score (nSPS) is 18.2. The summed E-state index contributed by atoms with van der Waals surface area (Å²) in [5.74, 6) is -1.08. The zero-order chi connectivity index (χ0) is 14.9. The molecule has 112 valence electrons. The van der Waals surface area contributed by atoms with Gasteiger partial charge in [0.2, 0.25) is 0 Å². The van der Waals surface area contributed by atoms with Crippen LogP contribution >= 0.6 is 15.9 Å². The second-order valence-electron chi connectivity index (χ2n) is 4.93. The van der Waals surface area contributed by atoms with Gasteiger partial charge >= 0.3 is 10.2 Å². The van der Waals surface area contributed by atoms with Crippen LogP contribution in [0.15, 0.2) is 16.6 Å². The van der Waals surface area contributed by atoms with Gasteiger partial charge in [-0.2, -0.15) is 12.7 Å². The molecule has 0 spiro atoms. The van der Waals surface area contributed by atoms with Crippen LogP contribution in [0.2, 0.25) is 0 Å². The highest BCUT2D eigenvalue weighted by Gasteiger charge is 2.27. The van der Waals surface area contributed by atoms with E-state index in [0.717, 1.165) is 25.0 Å². The molecule has 1 aromatic carbocycles. The summed E-state index contributed by atoms with van der Waals surface area (Å²) in [7, 11) is -3.85. The average Bonchev–Trinajstić information content (AvgIpc) is 2.36. The minimum atomic E-state index is -3.85. The quantitative estimate of drug-likeness (QED) is 0.833. The van der Waals surface area contributed by atoms with Crippen molar-refractivity contribution in [2.45, 2.75) is 19.8 Å². The lowest BCUT2D eigenvalue weighted by Crippen LogP contribution is -2.41. The maximum Gasteiger partial charge on any atom is 0.301 e. The Morgan fingerprint density at radius 3 is 2.45 bits per heavy atom. The number of halogens is 3. The maximum absolute atomic E-state index is 13.6. The fourth-order valence-electron chi connectivity index (χ4n) is 2.03. The first-order chi connectivity index (χ1) is 9.29. The van der Waals surface area contributed by atoms with Crippen molar-refractivity contribution in [3.63, 3.8) is 0 Å². The number of rotatable bonds is 3. The van der Waals surface area contributed by atoms with E-state index < -0.39 is 21.8 Å². The van der Waals surface area contributed by atoms with E-state index in [1.54, 1.807) is 0 Å². The molecule has 0 atom stereocenters. The van der Waals surface area contributed by atoms with Gasteiger partial charge in [0, 0.05) is 19.2 Å². The van der Waals surface area contributed by atoms with Crippen LogP contribution in [0.5, 0.6) is 0 Å². The molecule has 0 unspecified atom stereocenters. The summed E-state index contributed by atoms with van der Waals surface area (Å²) in [4.78, 5) is 0. The van der Waals surface area contributed by atoms with Crippen LogP contribution in [-0.4, -0.2) is 25.8 Å². The van der Waals surface area contributed by atoms with Crippen LogP contribution in [0.25, 0.3) is 0 Å². The lowest BCUT2D eigenvalue weighted by atomic mass is 10.0. The predicted octanol–water partition coefficient (Wildman–Crippen LogP) is 3.12. The molecule has 1 N–H and O–H groups in total. The summed E-state index contributed by atoms with van der Waals surface area (Å²) in [6.45, 7) is 2.83. The van der Waals surface area contributed by atoms with Crippen molar-refractivity contribution in [3.05, 3.63) is 28.2 Å². The average molecular weight is 369 g/mol. The van der Waals surface area contributed by atoms with Gasteiger partial charge in [-0.1, -0.05) is 6.92 Å². The molecule has 1 aliphatic rings. The molecule has 20 heavy (non-hydrogen) atoms. The van der Waals surface area contributed by atoms with Crippen LogP contribution in [0.1, 0.15) is 19.8 Å². The molecule has 0 radical (unpaired) electrons. The van der Waals surface area contributed by atoms with Crippen LogP contribution < -0.4 is 4.72 Å². The van der Waals surface area contributed by atoms with E-state index in [9.17, 15) is 17.2 Å². The Bertz CT molecular complexity index is 602. The Labute approximate surface area is 125 Å². The Morgan fingerprint density at radius 1 is 1.25 bits per heavy atom. The number of nitrogens with zero attached hydrogens (tertiary/aromatic N) is 1. The van der Waals surface area contributed by atoms with Crippen molar-refractivity contribution in [1.82, 2.24) is 4.31 Å². The summed E-state index contributed by atoms with van der Waals surface area (Å²) < 4.78 is 54.6. The van der Waals surface area contributed by atoms with Gasteiger partial charge in [0.15, 0.2) is 0 Å². The van der Waals surface area contributed by atoms with Gasteiger partial charge in [-0.15, -0.1) is 0 Å². The second kappa shape index (κ2) is 5.95. The van der Waals surface area contributed by atoms with Crippen molar-refractivity contribution in [3.8, 4) is 0 Å². The highest BCUT2D eigenvalue weighted by molar-refractivity contribution is 9.10. The highest BCUT2D eigenvalue weighted by Crippen LogP contribution is 2.26. The monoisotopic (exact) mass is 368 g/mol. The fourth-order valence-corrected chi connectivity index (χ4v) is 3.60. The summed E-state index contributed by atoms with van der Waals surface area (Å²) in [6.07, 6.45) is 1.52. The predicted molar refractivity (Wildman–Crippen MR) is 76.6 cm³/mol. The van der Waals surface area contributed by atoms with Crippen molar-refractivity contribution in [2.24, 2.45) is 5.92 Å². The molecule has 0 aliphatic carbocycles. The first kappa shape index (κ1) is 15.7. The number of hydrogen-bond acceptors (Lipinski definition) is 2. The number of benzene rings is 1. The molecule has 1 fully saturated rings. The van der Waals surface area contributed by atoms with Crippen molar-refractivity contribution >= 4 is 31.8 Å². The van der Waals surface area contributed by atoms with Crippen LogP contribution in [0.4, 0.5) is 14.5 Å². The van der Waals surface area contributed by atoms with E-state index in [4.69, 9.17) is 0 Å². The molecule has 2 rings (SSSR count). The summed E-state index contributed by atoms with van der Waals surface area (Å²) in [6, 6.07) is 1.72. The van der Waals surface area contributed by atoms with Gasteiger partial charge in [0.05, 0.1) is 10.2 Å². The van der Waals surface area contributed by atoms with E-state index >= 15 is 0 Å². The number of hydrogen-bond donors (Lipinski definition) is 1. The Hall–Kier alpha value is -0.730. The van der Waals surface area contributed by atoms with E-state index in [1.165, 1.54) is 4.31 Å². The SMILES string of the molecule is CC1CCN(S(=O)(=O)Nc2cc(F)c(Br)cc2F)CC1. The maximum atomic E-state index is 13.6. The molecule has 1 aromatic rings. The van der Waals surface area contributed by atoms with Crippen molar-refractivity contribution in [1.29, 1.82) is 0 Å². The van der Waals surface area contributed by atoms with Crippen LogP contribution in [0, 0.1) is 17.6 Å². The largest absolute Gasteiger partial charge is 0.301 e. The Kier molecular flexibility index (Phi) is 4.66. The van der Waals surface area contributed by atoms with Crippen LogP contribution in [-0.2, 0) is 10.2 Å². The number of nitrogens with one attached hydrogen (secondary N) is 1. The molecule has 0 bridgehead atoms. The molecular weight excluding hydrogens is 354 g/mol. The van der Waals surface area contributed by atoms with Crippen molar-refractivity contribution < 1.29 is 17.2 Å². The zero-order valence-electron chi connectivity index (χ0n) is 10.9. The standard InChI is InChI=1S/C12H15BrF2N2O2S/c1-8-2-4-17(5-3-8)20(18,19)16-12-7-10(14)9(13)6-11(12)15/h6-8,16H,2-5H2,1H3. The molecule has 1 heterocycles. The van der Waals surface area contributed by atoms with Gasteiger partial charge in [0.1, 0.15) is 11.6 Å². The Balaban J connectivity index is 2.18. The molecule has 8 heteroatoms. The Morgan fingerprint density at radius 2 is 1.85 bits per heavy atom. The lowest BCUT2D eigenvalue weighted by Gasteiger charge is -2.29. The van der Waals surface area contributed by atoms with Crippen molar-refractivity contribution in [2.75, 3.05) is 17.8 Å². The third kappa shape index (κ3) is 3.48. The zero-order valence-corrected chi connectivity index (χ0v) is 13.3. The molecular formula is C12H15BrF2N2O2S. The van der Waals surface area contributed by atoms with E-state index in [1.807, 2.05) is 0 Å². The fraction of sp³-hybridized carbons (Fsp3) is 0.500. The number of piperidine rings is 1. The molecule has 0 saturated carbocycles. The van der Waals surface area contributed by atoms with Gasteiger partial charge in [-0.25, -0.2) is 8.78 Å². The summed E-state index contributed by atoms with van der Waals surface area (Å²) in [5.41, 5.74) is -0.385. The number of anilines is 1. The lowest BCUT2D eigenvalue weighted by molar-refractivity contribution is 0.289. The van der Waals surface area contributed by atoms with E-state index in [-0.39, 0.29) is 10.2 Å². The van der Waals surface area contributed by atoms with Gasteiger partial charge < -0.3 is 0 Å². The third-order valence-electron chi connectivity index (χ3n) is 3.33. The van der Waals surface area contributed by atoms with Crippen LogP contribution in [0.3, 0.4) is 0 Å². The minimum Gasteiger partial charge on any atom is -0.268 e. The summed E-state index contributed by atoms with van der Waals surface area (Å²) in [5, 5.41) is 0. The van der Waals surface area contributed by atoms with Gasteiger partial charge in [-0.05, 0) is 40.8 Å². The molecule has 0 amide bonds. The summed E-state index contributed by atoms with van der Waals surface area (Å²) >= 11 is 2.84. The molecule has 1 aliphatic heterocycles. The van der Waals surface area contributed by atoms with E-state index in [2.05, 4.69) is 27.6 Å². The van der Waals surface area contributed by atoms with Gasteiger partial charge in [-0.3, -0.25) is 4.72 Å². The third-order valence-corrected chi connectivity index (χ3v) is 5.46. The van der Waals surface area contributed by atoms with E-state index in [0.29, 0.717) is 19.0 Å². The minimum absolute atomic E-state index is 0.0512.